The van der Waals surface area contributed by atoms with E-state index in [0.29, 0.717) is 11.9 Å². The summed E-state index contributed by atoms with van der Waals surface area (Å²) in [6.07, 6.45) is 3.31. The van der Waals surface area contributed by atoms with Crippen molar-refractivity contribution in [2.24, 2.45) is 5.84 Å². The number of amides is 1. The molecule has 0 atom stereocenters. The van der Waals surface area contributed by atoms with Crippen LogP contribution in [0.4, 0.5) is 11.9 Å². The van der Waals surface area contributed by atoms with E-state index in [4.69, 9.17) is 5.84 Å². The Labute approximate surface area is 121 Å². The van der Waals surface area contributed by atoms with Gasteiger partial charge in [-0.3, -0.25) is 10.2 Å². The summed E-state index contributed by atoms with van der Waals surface area (Å²) < 4.78 is 1.48. The zero-order chi connectivity index (χ0) is 15.4. The van der Waals surface area contributed by atoms with E-state index in [1.807, 2.05) is 0 Å². The van der Waals surface area contributed by atoms with Crippen molar-refractivity contribution in [3.05, 3.63) is 18.5 Å². The molecule has 0 aliphatic heterocycles. The molecule has 0 aliphatic rings. The number of nitrogens with one attached hydrogen (secondary N) is 1. The number of carbonyl (C=O) groups excluding carboxylic acids is 1. The zero-order valence-electron chi connectivity index (χ0n) is 12.1. The molecule has 10 heteroatoms. The first-order chi connectivity index (χ1) is 10.0. The molecule has 2 heterocycles. The topological polar surface area (TPSA) is 118 Å². The van der Waals surface area contributed by atoms with Crippen LogP contribution >= 0.6 is 0 Å². The second kappa shape index (κ2) is 6.13. The van der Waals surface area contributed by atoms with Crippen LogP contribution in [-0.4, -0.2) is 63.2 Å². The average molecular weight is 291 g/mol. The molecular weight excluding hydrogens is 274 g/mol. The molecule has 2 aromatic heterocycles. The number of likely N-dealkylation sites (N-methyl/N-ethyl adjacent to an activating group) is 2. The van der Waals surface area contributed by atoms with Crippen LogP contribution in [0.25, 0.3) is 5.95 Å². The molecule has 2 aromatic rings. The maximum absolute atomic E-state index is 11.7. The normalized spacial score (nSPS) is 10.3. The highest BCUT2D eigenvalue weighted by Gasteiger charge is 2.15. The lowest BCUT2D eigenvalue weighted by molar-refractivity contribution is -0.127. The highest BCUT2D eigenvalue weighted by Crippen LogP contribution is 2.11. The van der Waals surface area contributed by atoms with E-state index >= 15 is 0 Å². The standard InChI is InChI=1S/C11H17N9O/c1-18(2)8(21)7-19(3)10-14-9(17-12)15-11(16-10)20-6-4-5-13-20/h4-6H,7,12H2,1-3H3,(H,14,15,16,17). The monoisotopic (exact) mass is 291 g/mol. The fourth-order valence-corrected chi connectivity index (χ4v) is 1.49. The Balaban J connectivity index is 2.30. The lowest BCUT2D eigenvalue weighted by Crippen LogP contribution is -2.35. The van der Waals surface area contributed by atoms with Crippen LogP contribution in [0.15, 0.2) is 18.5 Å². The average Bonchev–Trinajstić information content (AvgIpc) is 3.00. The minimum absolute atomic E-state index is 0.0687. The van der Waals surface area contributed by atoms with Crippen molar-refractivity contribution in [3.8, 4) is 5.95 Å². The van der Waals surface area contributed by atoms with E-state index in [1.165, 1.54) is 9.58 Å². The number of aromatic nitrogens is 5. The van der Waals surface area contributed by atoms with Crippen molar-refractivity contribution in [2.75, 3.05) is 38.0 Å². The lowest BCUT2D eigenvalue weighted by atomic mass is 10.5. The maximum Gasteiger partial charge on any atom is 0.257 e. The first kappa shape index (κ1) is 14.7. The first-order valence-corrected chi connectivity index (χ1v) is 6.15. The molecule has 2 rings (SSSR count). The molecule has 3 N–H and O–H groups in total. The fourth-order valence-electron chi connectivity index (χ4n) is 1.49. The number of carbonyl (C=O) groups is 1. The Morgan fingerprint density at radius 3 is 2.67 bits per heavy atom. The van der Waals surface area contributed by atoms with Gasteiger partial charge < -0.3 is 9.80 Å². The number of rotatable bonds is 5. The van der Waals surface area contributed by atoms with Gasteiger partial charge in [-0.1, -0.05) is 0 Å². The smallest absolute Gasteiger partial charge is 0.257 e. The van der Waals surface area contributed by atoms with Crippen molar-refractivity contribution < 1.29 is 4.79 Å². The van der Waals surface area contributed by atoms with Gasteiger partial charge in [0, 0.05) is 33.5 Å². The number of hydrogen-bond acceptors (Lipinski definition) is 8. The van der Waals surface area contributed by atoms with Crippen molar-refractivity contribution in [1.29, 1.82) is 0 Å². The highest BCUT2D eigenvalue weighted by molar-refractivity contribution is 5.80. The van der Waals surface area contributed by atoms with Crippen LogP contribution in [0, 0.1) is 0 Å². The van der Waals surface area contributed by atoms with Crippen LogP contribution in [0.2, 0.25) is 0 Å². The summed E-state index contributed by atoms with van der Waals surface area (Å²) in [6, 6.07) is 1.75. The number of nitrogens with zero attached hydrogens (tertiary/aromatic N) is 7. The molecule has 0 unspecified atom stereocenters. The first-order valence-electron chi connectivity index (χ1n) is 6.15. The second-order valence-electron chi connectivity index (χ2n) is 4.50. The largest absolute Gasteiger partial charge is 0.347 e. The summed E-state index contributed by atoms with van der Waals surface area (Å²) in [5.74, 6) is 6.11. The van der Waals surface area contributed by atoms with Crippen LogP contribution in [-0.2, 0) is 4.79 Å². The van der Waals surface area contributed by atoms with Crippen molar-refractivity contribution in [3.63, 3.8) is 0 Å². The number of anilines is 2. The molecule has 0 radical (unpaired) electrons. The van der Waals surface area contributed by atoms with Crippen LogP contribution < -0.4 is 16.2 Å². The summed E-state index contributed by atoms with van der Waals surface area (Å²) >= 11 is 0. The van der Waals surface area contributed by atoms with Crippen LogP contribution in [0.1, 0.15) is 0 Å². The summed E-state index contributed by atoms with van der Waals surface area (Å²) in [6.45, 7) is 0.138. The molecule has 0 aliphatic carbocycles. The lowest BCUT2D eigenvalue weighted by Gasteiger charge is -2.19. The van der Waals surface area contributed by atoms with Crippen LogP contribution in [0.3, 0.4) is 0 Å². The van der Waals surface area contributed by atoms with Gasteiger partial charge >= 0.3 is 0 Å². The summed E-state index contributed by atoms with van der Waals surface area (Å²) in [5.41, 5.74) is 2.38. The van der Waals surface area contributed by atoms with E-state index in [0.717, 1.165) is 0 Å². The number of nitrogens with two attached hydrogens (primary N) is 1. The molecular formula is C11H17N9O. The quantitative estimate of drug-likeness (QED) is 0.524. The van der Waals surface area contributed by atoms with Gasteiger partial charge in [0.05, 0.1) is 6.54 Å². The van der Waals surface area contributed by atoms with Gasteiger partial charge in [-0.2, -0.15) is 20.1 Å². The SMILES string of the molecule is CN(C)C(=O)CN(C)c1nc(NN)nc(-n2cccn2)n1. The minimum Gasteiger partial charge on any atom is -0.347 e. The molecule has 0 saturated heterocycles. The van der Waals surface area contributed by atoms with E-state index < -0.39 is 0 Å². The minimum atomic E-state index is -0.0687. The maximum atomic E-state index is 11.7. The Bertz CT molecular complexity index is 610. The Morgan fingerprint density at radius 1 is 1.33 bits per heavy atom. The molecule has 0 aromatic carbocycles. The van der Waals surface area contributed by atoms with Gasteiger partial charge in [-0.05, 0) is 6.07 Å². The Morgan fingerprint density at radius 2 is 2.10 bits per heavy atom. The number of nitrogen functional groups attached to an aromatic ring is 1. The molecule has 0 bridgehead atoms. The molecule has 0 saturated carbocycles. The highest BCUT2D eigenvalue weighted by atomic mass is 16.2. The zero-order valence-corrected chi connectivity index (χ0v) is 12.1. The van der Waals surface area contributed by atoms with Gasteiger partial charge in [-0.25, -0.2) is 10.5 Å². The summed E-state index contributed by atoms with van der Waals surface area (Å²) in [4.78, 5) is 27.4. The van der Waals surface area contributed by atoms with E-state index in [1.54, 1.807) is 44.5 Å². The molecule has 10 nitrogen and oxygen atoms in total. The van der Waals surface area contributed by atoms with Crippen LogP contribution in [0.5, 0.6) is 0 Å². The van der Waals surface area contributed by atoms with Gasteiger partial charge in [0.1, 0.15) is 0 Å². The number of hydrazine groups is 1. The van der Waals surface area contributed by atoms with Gasteiger partial charge in [0.2, 0.25) is 17.8 Å². The van der Waals surface area contributed by atoms with Crippen molar-refractivity contribution in [1.82, 2.24) is 29.6 Å². The fraction of sp³-hybridized carbons (Fsp3) is 0.364. The van der Waals surface area contributed by atoms with Crippen molar-refractivity contribution >= 4 is 17.8 Å². The van der Waals surface area contributed by atoms with Crippen molar-refractivity contribution in [2.45, 2.75) is 0 Å². The van der Waals surface area contributed by atoms with E-state index in [9.17, 15) is 4.79 Å². The third-order valence-corrected chi connectivity index (χ3v) is 2.66. The van der Waals surface area contributed by atoms with Gasteiger partial charge in [0.25, 0.3) is 5.95 Å². The predicted octanol–water partition coefficient (Wildman–Crippen LogP) is -1.13. The third kappa shape index (κ3) is 3.42. The predicted molar refractivity (Wildman–Crippen MR) is 76.7 cm³/mol. The van der Waals surface area contributed by atoms with Gasteiger partial charge in [0.15, 0.2) is 0 Å². The molecule has 21 heavy (non-hydrogen) atoms. The van der Waals surface area contributed by atoms with Gasteiger partial charge in [-0.15, -0.1) is 0 Å². The second-order valence-corrected chi connectivity index (χ2v) is 4.50. The Kier molecular flexibility index (Phi) is 4.28. The summed E-state index contributed by atoms with van der Waals surface area (Å²) in [5, 5.41) is 4.05. The molecule has 112 valence electrons. The Hall–Kier alpha value is -2.75. The molecule has 1 amide bonds. The van der Waals surface area contributed by atoms with E-state index in [2.05, 4.69) is 25.5 Å². The number of hydrogen-bond donors (Lipinski definition) is 2. The summed E-state index contributed by atoms with van der Waals surface area (Å²) in [7, 11) is 5.08. The molecule has 0 spiro atoms. The molecule has 0 fully saturated rings. The van der Waals surface area contributed by atoms with E-state index in [-0.39, 0.29) is 18.4 Å². The third-order valence-electron chi connectivity index (χ3n) is 2.66.